The van der Waals surface area contributed by atoms with Crippen molar-refractivity contribution in [3.63, 3.8) is 0 Å². The molecule has 0 aliphatic rings. The van der Waals surface area contributed by atoms with Gasteiger partial charge in [-0.25, -0.2) is 0 Å². The lowest BCUT2D eigenvalue weighted by Gasteiger charge is -2.05. The second kappa shape index (κ2) is 6.78. The molecule has 122 valence electrons. The van der Waals surface area contributed by atoms with E-state index in [1.165, 1.54) is 58.7 Å². The van der Waals surface area contributed by atoms with Crippen LogP contribution in [-0.2, 0) is 12.8 Å². The minimum absolute atomic E-state index is 1.09. The number of fused-ring (bicyclic) bond motifs is 3. The molecule has 23 heavy (non-hydrogen) atoms. The van der Waals surface area contributed by atoms with Crippen molar-refractivity contribution < 1.29 is 4.42 Å². The van der Waals surface area contributed by atoms with E-state index in [9.17, 15) is 0 Å². The van der Waals surface area contributed by atoms with Crippen LogP contribution in [0.4, 0.5) is 0 Å². The quantitative estimate of drug-likeness (QED) is 0.483. The van der Waals surface area contributed by atoms with Crippen molar-refractivity contribution in [1.29, 1.82) is 0 Å². The highest BCUT2D eigenvalue weighted by Gasteiger charge is 2.14. The summed E-state index contributed by atoms with van der Waals surface area (Å²) in [7, 11) is 0. The largest absolute Gasteiger partial charge is 0.455 e. The van der Waals surface area contributed by atoms with Gasteiger partial charge in [0.25, 0.3) is 0 Å². The standard InChI is InChI=1S/C22H28O/c1-5-7-9-17-11-13-19-20-14-12-18(10-8-6-2)16(4)22(20)23-21(19)15(17)3/h11-14H,5-10H2,1-4H3. The second-order valence-electron chi connectivity index (χ2n) is 6.76. The predicted molar refractivity (Wildman–Crippen MR) is 100 cm³/mol. The van der Waals surface area contributed by atoms with E-state index in [1.807, 2.05) is 0 Å². The summed E-state index contributed by atoms with van der Waals surface area (Å²) in [5, 5.41) is 2.53. The lowest BCUT2D eigenvalue weighted by molar-refractivity contribution is 0.659. The molecule has 0 bridgehead atoms. The van der Waals surface area contributed by atoms with Gasteiger partial charge in [0.2, 0.25) is 0 Å². The third-order valence-corrected chi connectivity index (χ3v) is 5.13. The molecule has 0 radical (unpaired) electrons. The minimum Gasteiger partial charge on any atom is -0.455 e. The number of benzene rings is 2. The second-order valence-corrected chi connectivity index (χ2v) is 6.76. The smallest absolute Gasteiger partial charge is 0.138 e. The molecule has 0 fully saturated rings. The van der Waals surface area contributed by atoms with Gasteiger partial charge in [0.15, 0.2) is 0 Å². The Balaban J connectivity index is 2.13. The number of unbranched alkanes of at least 4 members (excludes halogenated alkanes) is 2. The Labute approximate surface area is 139 Å². The highest BCUT2D eigenvalue weighted by Crippen LogP contribution is 2.35. The van der Waals surface area contributed by atoms with E-state index < -0.39 is 0 Å². The molecule has 2 aromatic carbocycles. The van der Waals surface area contributed by atoms with E-state index in [2.05, 4.69) is 52.0 Å². The molecule has 0 amide bonds. The normalized spacial score (nSPS) is 11.7. The lowest BCUT2D eigenvalue weighted by atomic mass is 9.98. The first kappa shape index (κ1) is 16.1. The third-order valence-electron chi connectivity index (χ3n) is 5.13. The molecule has 3 rings (SSSR count). The number of rotatable bonds is 6. The van der Waals surface area contributed by atoms with Crippen molar-refractivity contribution in [3.8, 4) is 0 Å². The van der Waals surface area contributed by atoms with Crippen LogP contribution in [0.3, 0.4) is 0 Å². The summed E-state index contributed by atoms with van der Waals surface area (Å²) in [6.07, 6.45) is 7.25. The molecular weight excluding hydrogens is 280 g/mol. The lowest BCUT2D eigenvalue weighted by Crippen LogP contribution is -1.89. The SMILES string of the molecule is CCCCc1ccc2c(oc3c(C)c(CCCC)ccc32)c1C. The van der Waals surface area contributed by atoms with Gasteiger partial charge in [-0.05, 0) is 61.8 Å². The first-order valence-electron chi connectivity index (χ1n) is 9.10. The van der Waals surface area contributed by atoms with Crippen LogP contribution in [-0.4, -0.2) is 0 Å². The zero-order valence-corrected chi connectivity index (χ0v) is 15.0. The van der Waals surface area contributed by atoms with E-state index in [0.717, 1.165) is 24.0 Å². The minimum atomic E-state index is 1.09. The Morgan fingerprint density at radius 1 is 0.696 bits per heavy atom. The molecule has 1 nitrogen and oxygen atoms in total. The van der Waals surface area contributed by atoms with Crippen molar-refractivity contribution in [2.24, 2.45) is 0 Å². The molecule has 0 aliphatic heterocycles. The van der Waals surface area contributed by atoms with Gasteiger partial charge in [0.1, 0.15) is 11.2 Å². The molecule has 0 saturated heterocycles. The van der Waals surface area contributed by atoms with E-state index in [1.54, 1.807) is 0 Å². The van der Waals surface area contributed by atoms with Crippen LogP contribution in [0.2, 0.25) is 0 Å². The van der Waals surface area contributed by atoms with Crippen LogP contribution < -0.4 is 0 Å². The van der Waals surface area contributed by atoms with Crippen LogP contribution in [0, 0.1) is 13.8 Å². The average molecular weight is 308 g/mol. The fourth-order valence-electron chi connectivity index (χ4n) is 3.53. The van der Waals surface area contributed by atoms with Crippen LogP contribution in [0.5, 0.6) is 0 Å². The zero-order chi connectivity index (χ0) is 16.4. The van der Waals surface area contributed by atoms with E-state index >= 15 is 0 Å². The van der Waals surface area contributed by atoms with Crippen molar-refractivity contribution >= 4 is 21.9 Å². The molecule has 0 N–H and O–H groups in total. The van der Waals surface area contributed by atoms with Crippen LogP contribution in [0.15, 0.2) is 28.7 Å². The van der Waals surface area contributed by atoms with Crippen molar-refractivity contribution in [2.45, 2.75) is 66.2 Å². The zero-order valence-electron chi connectivity index (χ0n) is 15.0. The number of hydrogen-bond donors (Lipinski definition) is 0. The molecule has 0 aliphatic carbocycles. The summed E-state index contributed by atoms with van der Waals surface area (Å²) >= 11 is 0. The fraction of sp³-hybridized carbons (Fsp3) is 0.455. The Bertz CT molecular complexity index is 755. The van der Waals surface area contributed by atoms with Gasteiger partial charge in [0, 0.05) is 10.8 Å². The van der Waals surface area contributed by atoms with Gasteiger partial charge < -0.3 is 4.42 Å². The molecule has 0 atom stereocenters. The molecule has 1 heteroatoms. The topological polar surface area (TPSA) is 13.1 Å². The van der Waals surface area contributed by atoms with Gasteiger partial charge in [-0.1, -0.05) is 51.0 Å². The summed E-state index contributed by atoms with van der Waals surface area (Å²) in [6.45, 7) is 8.92. The van der Waals surface area contributed by atoms with Gasteiger partial charge in [-0.2, -0.15) is 0 Å². The summed E-state index contributed by atoms with van der Waals surface area (Å²) in [6, 6.07) is 9.10. The summed E-state index contributed by atoms with van der Waals surface area (Å²) in [5.74, 6) is 0. The summed E-state index contributed by atoms with van der Waals surface area (Å²) in [4.78, 5) is 0. The van der Waals surface area contributed by atoms with Gasteiger partial charge >= 0.3 is 0 Å². The number of aryl methyl sites for hydroxylation is 4. The molecule has 3 aromatic rings. The maximum atomic E-state index is 6.36. The fourth-order valence-corrected chi connectivity index (χ4v) is 3.53. The van der Waals surface area contributed by atoms with E-state index in [4.69, 9.17) is 4.42 Å². The molecule has 0 spiro atoms. The van der Waals surface area contributed by atoms with Gasteiger partial charge in [0.05, 0.1) is 0 Å². The number of hydrogen-bond acceptors (Lipinski definition) is 1. The number of furan rings is 1. The average Bonchev–Trinajstić information content (AvgIpc) is 2.94. The monoisotopic (exact) mass is 308 g/mol. The van der Waals surface area contributed by atoms with E-state index in [-0.39, 0.29) is 0 Å². The maximum Gasteiger partial charge on any atom is 0.138 e. The van der Waals surface area contributed by atoms with Crippen LogP contribution in [0.1, 0.15) is 61.8 Å². The first-order chi connectivity index (χ1) is 11.2. The first-order valence-corrected chi connectivity index (χ1v) is 9.10. The van der Waals surface area contributed by atoms with Gasteiger partial charge in [-0.3, -0.25) is 0 Å². The van der Waals surface area contributed by atoms with Gasteiger partial charge in [-0.15, -0.1) is 0 Å². The molecule has 1 heterocycles. The van der Waals surface area contributed by atoms with Crippen LogP contribution in [0.25, 0.3) is 21.9 Å². The Morgan fingerprint density at radius 3 is 1.52 bits per heavy atom. The molecular formula is C22H28O. The third kappa shape index (κ3) is 2.89. The Kier molecular flexibility index (Phi) is 4.75. The Hall–Kier alpha value is -1.76. The maximum absolute atomic E-state index is 6.36. The van der Waals surface area contributed by atoms with E-state index in [0.29, 0.717) is 0 Å². The van der Waals surface area contributed by atoms with Crippen molar-refractivity contribution in [2.75, 3.05) is 0 Å². The molecule has 0 saturated carbocycles. The highest BCUT2D eigenvalue weighted by molar-refractivity contribution is 6.07. The van der Waals surface area contributed by atoms with Crippen molar-refractivity contribution in [1.82, 2.24) is 0 Å². The molecule has 0 unspecified atom stereocenters. The Morgan fingerprint density at radius 2 is 1.13 bits per heavy atom. The molecule has 1 aromatic heterocycles. The predicted octanol–water partition coefficient (Wildman–Crippen LogP) is 6.89. The van der Waals surface area contributed by atoms with Crippen molar-refractivity contribution in [3.05, 3.63) is 46.5 Å². The van der Waals surface area contributed by atoms with Crippen LogP contribution >= 0.6 is 0 Å². The summed E-state index contributed by atoms with van der Waals surface area (Å²) in [5.41, 5.74) is 7.68. The highest BCUT2D eigenvalue weighted by atomic mass is 16.3. The summed E-state index contributed by atoms with van der Waals surface area (Å²) < 4.78 is 6.36.